The summed E-state index contributed by atoms with van der Waals surface area (Å²) in [5.74, 6) is 0. The van der Waals surface area contributed by atoms with Crippen molar-refractivity contribution in [1.29, 1.82) is 0 Å². The van der Waals surface area contributed by atoms with Gasteiger partial charge in [-0.1, -0.05) is 30.7 Å². The standard InChI is InChI=1S/C12H18ClNO/c1-3-6-15-8-12(14)10-5-4-9(2)7-11(10)13/h4-5,7,12H,3,6,8,14H2,1-2H3. The summed E-state index contributed by atoms with van der Waals surface area (Å²) in [7, 11) is 0. The van der Waals surface area contributed by atoms with Gasteiger partial charge < -0.3 is 10.5 Å². The zero-order chi connectivity index (χ0) is 11.3. The first-order chi connectivity index (χ1) is 7.15. The highest BCUT2D eigenvalue weighted by atomic mass is 35.5. The van der Waals surface area contributed by atoms with Crippen molar-refractivity contribution in [2.24, 2.45) is 5.73 Å². The number of benzene rings is 1. The third-order valence-corrected chi connectivity index (χ3v) is 2.53. The Morgan fingerprint density at radius 3 is 2.80 bits per heavy atom. The molecule has 1 unspecified atom stereocenters. The molecule has 1 aromatic rings. The van der Waals surface area contributed by atoms with Crippen LogP contribution in [-0.2, 0) is 4.74 Å². The maximum atomic E-state index is 6.10. The summed E-state index contributed by atoms with van der Waals surface area (Å²) in [4.78, 5) is 0. The van der Waals surface area contributed by atoms with Gasteiger partial charge in [0.05, 0.1) is 12.6 Å². The van der Waals surface area contributed by atoms with Crippen LogP contribution in [0.5, 0.6) is 0 Å². The monoisotopic (exact) mass is 227 g/mol. The molecule has 0 bridgehead atoms. The second kappa shape index (κ2) is 6.11. The fourth-order valence-electron chi connectivity index (χ4n) is 1.38. The number of ether oxygens (including phenoxy) is 1. The van der Waals surface area contributed by atoms with Crippen LogP contribution in [0.1, 0.15) is 30.5 Å². The average Bonchev–Trinajstić information content (AvgIpc) is 2.17. The lowest BCUT2D eigenvalue weighted by Gasteiger charge is -2.14. The third kappa shape index (κ3) is 3.82. The number of hydrogen-bond acceptors (Lipinski definition) is 2. The van der Waals surface area contributed by atoms with Crippen LogP contribution < -0.4 is 5.73 Å². The van der Waals surface area contributed by atoms with Crippen LogP contribution in [0.4, 0.5) is 0 Å². The smallest absolute Gasteiger partial charge is 0.0659 e. The molecule has 2 nitrogen and oxygen atoms in total. The minimum atomic E-state index is -0.135. The van der Waals surface area contributed by atoms with Gasteiger partial charge in [-0.3, -0.25) is 0 Å². The first-order valence-electron chi connectivity index (χ1n) is 5.24. The molecule has 84 valence electrons. The molecule has 0 spiro atoms. The molecule has 0 saturated heterocycles. The zero-order valence-corrected chi connectivity index (χ0v) is 10.1. The van der Waals surface area contributed by atoms with Crippen molar-refractivity contribution in [3.63, 3.8) is 0 Å². The Labute approximate surface area is 96.4 Å². The summed E-state index contributed by atoms with van der Waals surface area (Å²) < 4.78 is 5.40. The Morgan fingerprint density at radius 2 is 2.20 bits per heavy atom. The first-order valence-corrected chi connectivity index (χ1v) is 5.62. The number of aryl methyl sites for hydroxylation is 1. The number of halogens is 1. The van der Waals surface area contributed by atoms with Gasteiger partial charge in [0, 0.05) is 11.6 Å². The highest BCUT2D eigenvalue weighted by molar-refractivity contribution is 6.31. The van der Waals surface area contributed by atoms with Gasteiger partial charge in [-0.05, 0) is 30.5 Å². The van der Waals surface area contributed by atoms with Gasteiger partial charge in [0.15, 0.2) is 0 Å². The molecule has 0 heterocycles. The molecule has 15 heavy (non-hydrogen) atoms. The van der Waals surface area contributed by atoms with Gasteiger partial charge in [0.25, 0.3) is 0 Å². The summed E-state index contributed by atoms with van der Waals surface area (Å²) in [6.07, 6.45) is 1.01. The fraction of sp³-hybridized carbons (Fsp3) is 0.500. The van der Waals surface area contributed by atoms with Crippen LogP contribution in [-0.4, -0.2) is 13.2 Å². The molecule has 3 heteroatoms. The molecule has 0 aliphatic rings. The van der Waals surface area contributed by atoms with E-state index in [0.717, 1.165) is 29.2 Å². The lowest BCUT2D eigenvalue weighted by atomic mass is 10.1. The van der Waals surface area contributed by atoms with Crippen molar-refractivity contribution in [2.45, 2.75) is 26.3 Å². The molecule has 0 amide bonds. The van der Waals surface area contributed by atoms with Crippen molar-refractivity contribution in [2.75, 3.05) is 13.2 Å². The van der Waals surface area contributed by atoms with Gasteiger partial charge in [0.2, 0.25) is 0 Å². The molecule has 0 aliphatic heterocycles. The predicted molar refractivity (Wildman–Crippen MR) is 64.2 cm³/mol. The van der Waals surface area contributed by atoms with E-state index in [1.54, 1.807) is 0 Å². The van der Waals surface area contributed by atoms with Gasteiger partial charge in [-0.15, -0.1) is 0 Å². The van der Waals surface area contributed by atoms with Crippen molar-refractivity contribution in [1.82, 2.24) is 0 Å². The van der Waals surface area contributed by atoms with Crippen LogP contribution >= 0.6 is 11.6 Å². The topological polar surface area (TPSA) is 35.2 Å². The number of nitrogens with two attached hydrogens (primary N) is 1. The average molecular weight is 228 g/mol. The van der Waals surface area contributed by atoms with E-state index in [-0.39, 0.29) is 6.04 Å². The Hall–Kier alpha value is -0.570. The van der Waals surface area contributed by atoms with Crippen molar-refractivity contribution < 1.29 is 4.74 Å². The van der Waals surface area contributed by atoms with Crippen LogP contribution in [0, 0.1) is 6.92 Å². The number of rotatable bonds is 5. The van der Waals surface area contributed by atoms with Gasteiger partial charge >= 0.3 is 0 Å². The van der Waals surface area contributed by atoms with E-state index < -0.39 is 0 Å². The lowest BCUT2D eigenvalue weighted by Crippen LogP contribution is -2.17. The summed E-state index contributed by atoms with van der Waals surface area (Å²) in [6.45, 7) is 5.35. The predicted octanol–water partition coefficient (Wildman–Crippen LogP) is 3.07. The van der Waals surface area contributed by atoms with E-state index >= 15 is 0 Å². The Balaban J connectivity index is 2.61. The van der Waals surface area contributed by atoms with Crippen LogP contribution in [0.15, 0.2) is 18.2 Å². The second-order valence-electron chi connectivity index (χ2n) is 3.71. The van der Waals surface area contributed by atoms with Gasteiger partial charge in [-0.25, -0.2) is 0 Å². The Bertz CT molecular complexity index is 314. The largest absolute Gasteiger partial charge is 0.379 e. The molecule has 2 N–H and O–H groups in total. The second-order valence-corrected chi connectivity index (χ2v) is 4.11. The molecule has 0 fully saturated rings. The minimum absolute atomic E-state index is 0.135. The molecular weight excluding hydrogens is 210 g/mol. The van der Waals surface area contributed by atoms with E-state index in [1.807, 2.05) is 25.1 Å². The van der Waals surface area contributed by atoms with E-state index in [0.29, 0.717) is 6.61 Å². The summed E-state index contributed by atoms with van der Waals surface area (Å²) >= 11 is 6.10. The Kier molecular flexibility index (Phi) is 5.09. The fourth-order valence-corrected chi connectivity index (χ4v) is 1.75. The van der Waals surface area contributed by atoms with Crippen molar-refractivity contribution >= 4 is 11.6 Å². The quantitative estimate of drug-likeness (QED) is 0.785. The molecule has 0 radical (unpaired) electrons. The highest BCUT2D eigenvalue weighted by Gasteiger charge is 2.09. The molecule has 0 aliphatic carbocycles. The number of hydrogen-bond donors (Lipinski definition) is 1. The Morgan fingerprint density at radius 1 is 1.47 bits per heavy atom. The molecule has 1 aromatic carbocycles. The summed E-state index contributed by atoms with van der Waals surface area (Å²) in [5.41, 5.74) is 8.08. The molecular formula is C12H18ClNO. The maximum absolute atomic E-state index is 6.10. The third-order valence-electron chi connectivity index (χ3n) is 2.20. The SMILES string of the molecule is CCCOCC(N)c1ccc(C)cc1Cl. The molecule has 1 atom stereocenters. The van der Waals surface area contributed by atoms with Crippen molar-refractivity contribution in [3.05, 3.63) is 34.3 Å². The van der Waals surface area contributed by atoms with Gasteiger partial charge in [-0.2, -0.15) is 0 Å². The van der Waals surface area contributed by atoms with E-state index in [2.05, 4.69) is 6.92 Å². The molecule has 1 rings (SSSR count). The minimum Gasteiger partial charge on any atom is -0.379 e. The molecule has 0 aromatic heterocycles. The normalized spacial score (nSPS) is 12.8. The first kappa shape index (κ1) is 12.5. The van der Waals surface area contributed by atoms with E-state index in [4.69, 9.17) is 22.1 Å². The van der Waals surface area contributed by atoms with Crippen LogP contribution in [0.2, 0.25) is 5.02 Å². The van der Waals surface area contributed by atoms with E-state index in [1.165, 1.54) is 0 Å². The highest BCUT2D eigenvalue weighted by Crippen LogP contribution is 2.22. The zero-order valence-electron chi connectivity index (χ0n) is 9.29. The maximum Gasteiger partial charge on any atom is 0.0659 e. The lowest BCUT2D eigenvalue weighted by molar-refractivity contribution is 0.121. The van der Waals surface area contributed by atoms with Crippen molar-refractivity contribution in [3.8, 4) is 0 Å². The van der Waals surface area contributed by atoms with E-state index in [9.17, 15) is 0 Å². The van der Waals surface area contributed by atoms with Crippen LogP contribution in [0.3, 0.4) is 0 Å². The summed E-state index contributed by atoms with van der Waals surface area (Å²) in [6, 6.07) is 5.78. The molecule has 0 saturated carbocycles. The van der Waals surface area contributed by atoms with Crippen LogP contribution in [0.25, 0.3) is 0 Å². The van der Waals surface area contributed by atoms with Gasteiger partial charge in [0.1, 0.15) is 0 Å². The summed E-state index contributed by atoms with van der Waals surface area (Å²) in [5, 5.41) is 0.725.